The van der Waals surface area contributed by atoms with Gasteiger partial charge in [-0.3, -0.25) is 4.99 Å². The van der Waals surface area contributed by atoms with Gasteiger partial charge in [0.25, 0.3) is 0 Å². The summed E-state index contributed by atoms with van der Waals surface area (Å²) in [5.41, 5.74) is 3.29. The van der Waals surface area contributed by atoms with Gasteiger partial charge in [0.1, 0.15) is 5.82 Å². The van der Waals surface area contributed by atoms with Crippen molar-refractivity contribution in [2.24, 2.45) is 4.99 Å². The standard InChI is InChI=1S/C15H18ClFN4S/c1-10-14(22-9-20-10)7-19-15(18-2)21(3)8-11-12(16)5-4-6-13(11)17/h4-6,9H,7-8H2,1-3H3,(H,18,19). The largest absolute Gasteiger partial charge is 0.351 e. The van der Waals surface area contributed by atoms with E-state index in [-0.39, 0.29) is 5.82 Å². The summed E-state index contributed by atoms with van der Waals surface area (Å²) in [7, 11) is 3.54. The fourth-order valence-corrected chi connectivity index (χ4v) is 2.97. The Hall–Kier alpha value is -1.66. The van der Waals surface area contributed by atoms with Crippen LogP contribution in [0.5, 0.6) is 0 Å². The van der Waals surface area contributed by atoms with Crippen LogP contribution in [-0.2, 0) is 13.1 Å². The minimum atomic E-state index is -0.312. The van der Waals surface area contributed by atoms with E-state index in [9.17, 15) is 4.39 Å². The number of benzene rings is 1. The molecule has 0 saturated carbocycles. The molecule has 0 saturated heterocycles. The highest BCUT2D eigenvalue weighted by molar-refractivity contribution is 7.09. The molecule has 0 aliphatic rings. The van der Waals surface area contributed by atoms with E-state index in [1.807, 2.05) is 24.4 Å². The maximum Gasteiger partial charge on any atom is 0.193 e. The molecule has 0 aliphatic carbocycles. The number of thiazole rings is 1. The Kier molecular flexibility index (Phi) is 5.74. The van der Waals surface area contributed by atoms with E-state index in [1.54, 1.807) is 30.5 Å². The van der Waals surface area contributed by atoms with Crippen molar-refractivity contribution in [3.63, 3.8) is 0 Å². The molecule has 2 aromatic rings. The van der Waals surface area contributed by atoms with Crippen molar-refractivity contribution in [1.82, 2.24) is 15.2 Å². The summed E-state index contributed by atoms with van der Waals surface area (Å²) in [6, 6.07) is 4.69. The van der Waals surface area contributed by atoms with E-state index in [4.69, 9.17) is 11.6 Å². The minimum Gasteiger partial charge on any atom is -0.351 e. The molecule has 118 valence electrons. The highest BCUT2D eigenvalue weighted by Gasteiger charge is 2.13. The number of aryl methyl sites for hydroxylation is 1. The molecule has 1 heterocycles. The number of guanidine groups is 1. The van der Waals surface area contributed by atoms with Crippen molar-refractivity contribution in [1.29, 1.82) is 0 Å². The van der Waals surface area contributed by atoms with Crippen LogP contribution in [-0.4, -0.2) is 29.9 Å². The predicted octanol–water partition coefficient (Wildman–Crippen LogP) is 3.45. The Morgan fingerprint density at radius 3 is 2.86 bits per heavy atom. The van der Waals surface area contributed by atoms with Gasteiger partial charge in [0.15, 0.2) is 5.96 Å². The first kappa shape index (κ1) is 16.7. The van der Waals surface area contributed by atoms with Crippen LogP contribution in [0.25, 0.3) is 0 Å². The van der Waals surface area contributed by atoms with Crippen LogP contribution in [0.1, 0.15) is 16.1 Å². The topological polar surface area (TPSA) is 40.5 Å². The van der Waals surface area contributed by atoms with Crippen LogP contribution in [0.15, 0.2) is 28.7 Å². The van der Waals surface area contributed by atoms with Crippen LogP contribution in [0, 0.1) is 12.7 Å². The van der Waals surface area contributed by atoms with Crippen molar-refractivity contribution in [2.45, 2.75) is 20.0 Å². The van der Waals surface area contributed by atoms with Crippen LogP contribution < -0.4 is 5.32 Å². The van der Waals surface area contributed by atoms with Crippen molar-refractivity contribution < 1.29 is 4.39 Å². The Morgan fingerprint density at radius 2 is 2.27 bits per heavy atom. The van der Waals surface area contributed by atoms with Crippen LogP contribution in [0.2, 0.25) is 5.02 Å². The summed E-state index contributed by atoms with van der Waals surface area (Å²) < 4.78 is 13.9. The van der Waals surface area contributed by atoms with Gasteiger partial charge < -0.3 is 10.2 Å². The lowest BCUT2D eigenvalue weighted by Gasteiger charge is -2.22. The molecule has 0 atom stereocenters. The zero-order valence-corrected chi connectivity index (χ0v) is 14.3. The summed E-state index contributed by atoms with van der Waals surface area (Å²) in [6.07, 6.45) is 0. The van der Waals surface area contributed by atoms with Gasteiger partial charge in [0.2, 0.25) is 0 Å². The molecule has 0 radical (unpaired) electrons. The van der Waals surface area contributed by atoms with Crippen LogP contribution >= 0.6 is 22.9 Å². The quantitative estimate of drug-likeness (QED) is 0.684. The van der Waals surface area contributed by atoms with Crippen molar-refractivity contribution >= 4 is 28.9 Å². The Balaban J connectivity index is 2.03. The number of halogens is 2. The normalized spacial score (nSPS) is 11.6. The molecule has 0 spiro atoms. The zero-order valence-electron chi connectivity index (χ0n) is 12.7. The van der Waals surface area contributed by atoms with Gasteiger partial charge in [-0.1, -0.05) is 17.7 Å². The first-order valence-electron chi connectivity index (χ1n) is 6.76. The van der Waals surface area contributed by atoms with Crippen molar-refractivity contribution in [3.05, 3.63) is 50.7 Å². The Morgan fingerprint density at radius 1 is 1.50 bits per heavy atom. The van der Waals surface area contributed by atoms with Crippen LogP contribution in [0.3, 0.4) is 0 Å². The smallest absolute Gasteiger partial charge is 0.193 e. The molecular weight excluding hydrogens is 323 g/mol. The van der Waals surface area contributed by atoms with Gasteiger partial charge >= 0.3 is 0 Å². The lowest BCUT2D eigenvalue weighted by Crippen LogP contribution is -2.38. The molecule has 1 N–H and O–H groups in total. The highest BCUT2D eigenvalue weighted by atomic mass is 35.5. The van der Waals surface area contributed by atoms with E-state index in [2.05, 4.69) is 15.3 Å². The average Bonchev–Trinajstić information content (AvgIpc) is 2.89. The average molecular weight is 341 g/mol. The molecule has 4 nitrogen and oxygen atoms in total. The maximum atomic E-state index is 13.9. The molecule has 0 amide bonds. The van der Waals surface area contributed by atoms with Gasteiger partial charge in [-0.05, 0) is 19.1 Å². The fourth-order valence-electron chi connectivity index (χ4n) is 2.04. The first-order chi connectivity index (χ1) is 10.5. The lowest BCUT2D eigenvalue weighted by molar-refractivity contribution is 0.460. The van der Waals surface area contributed by atoms with Crippen molar-refractivity contribution in [2.75, 3.05) is 14.1 Å². The van der Waals surface area contributed by atoms with E-state index in [0.717, 1.165) is 10.6 Å². The van der Waals surface area contributed by atoms with Gasteiger partial charge in [-0.2, -0.15) is 0 Å². The second-order valence-corrected chi connectivity index (χ2v) is 6.16. The second kappa shape index (κ2) is 7.56. The van der Waals surface area contributed by atoms with Gasteiger partial charge in [-0.25, -0.2) is 9.37 Å². The third-order valence-electron chi connectivity index (χ3n) is 3.28. The molecule has 7 heteroatoms. The van der Waals surface area contributed by atoms with E-state index in [1.165, 1.54) is 6.07 Å². The summed E-state index contributed by atoms with van der Waals surface area (Å²) in [5.74, 6) is 0.361. The molecule has 22 heavy (non-hydrogen) atoms. The molecule has 0 unspecified atom stereocenters. The number of hydrogen-bond donors (Lipinski definition) is 1. The highest BCUT2D eigenvalue weighted by Crippen LogP contribution is 2.20. The SMILES string of the molecule is CN=C(NCc1scnc1C)N(C)Cc1c(F)cccc1Cl. The molecule has 0 fully saturated rings. The molecule has 0 aliphatic heterocycles. The molecule has 1 aromatic carbocycles. The van der Waals surface area contributed by atoms with Crippen molar-refractivity contribution in [3.8, 4) is 0 Å². The van der Waals surface area contributed by atoms with E-state index in [0.29, 0.717) is 29.6 Å². The summed E-state index contributed by atoms with van der Waals surface area (Å²) >= 11 is 7.66. The van der Waals surface area contributed by atoms with E-state index < -0.39 is 0 Å². The monoisotopic (exact) mass is 340 g/mol. The minimum absolute atomic E-state index is 0.312. The second-order valence-electron chi connectivity index (χ2n) is 4.82. The van der Waals surface area contributed by atoms with Crippen LogP contribution in [0.4, 0.5) is 4.39 Å². The summed E-state index contributed by atoms with van der Waals surface area (Å²) in [6.45, 7) is 2.95. The molecule has 0 bridgehead atoms. The number of rotatable bonds is 4. The van der Waals surface area contributed by atoms with Gasteiger partial charge in [0, 0.05) is 36.1 Å². The third kappa shape index (κ3) is 3.96. The molecule has 1 aromatic heterocycles. The third-order valence-corrected chi connectivity index (χ3v) is 4.57. The Bertz CT molecular complexity index is 651. The number of aliphatic imine (C=N–C) groups is 1. The predicted molar refractivity (Wildman–Crippen MR) is 89.9 cm³/mol. The van der Waals surface area contributed by atoms with Gasteiger partial charge in [-0.15, -0.1) is 11.3 Å². The number of hydrogen-bond acceptors (Lipinski definition) is 3. The van der Waals surface area contributed by atoms with Gasteiger partial charge in [0.05, 0.1) is 17.7 Å². The number of aromatic nitrogens is 1. The van der Waals surface area contributed by atoms with E-state index >= 15 is 0 Å². The molecule has 2 rings (SSSR count). The molecular formula is C15H18ClFN4S. The number of nitrogens with zero attached hydrogens (tertiary/aromatic N) is 3. The Labute approximate surface area is 138 Å². The maximum absolute atomic E-state index is 13.9. The lowest BCUT2D eigenvalue weighted by atomic mass is 10.2. The number of nitrogens with one attached hydrogen (secondary N) is 1. The zero-order chi connectivity index (χ0) is 16.1. The summed E-state index contributed by atoms with van der Waals surface area (Å²) in [4.78, 5) is 11.4. The fraction of sp³-hybridized carbons (Fsp3) is 0.333. The first-order valence-corrected chi connectivity index (χ1v) is 8.02. The summed E-state index contributed by atoms with van der Waals surface area (Å²) in [5, 5.41) is 3.67.